The van der Waals surface area contributed by atoms with Gasteiger partial charge in [-0.25, -0.2) is 0 Å². The first-order valence-electron chi connectivity index (χ1n) is 17.6. The molecule has 2 heteroatoms. The van der Waals surface area contributed by atoms with Crippen molar-refractivity contribution >= 4 is 66.1 Å². The summed E-state index contributed by atoms with van der Waals surface area (Å²) in [6, 6.07) is 59.9. The Morgan fingerprint density at radius 3 is 0.712 bits per heavy atom. The summed E-state index contributed by atoms with van der Waals surface area (Å²) in [7, 11) is 0. The zero-order valence-electron chi connectivity index (χ0n) is 28.3. The van der Waals surface area contributed by atoms with Gasteiger partial charge in [0.1, 0.15) is 23.0 Å². The molecule has 0 bridgehead atoms. The minimum absolute atomic E-state index is 0.798. The van der Waals surface area contributed by atoms with Crippen molar-refractivity contribution in [2.75, 3.05) is 0 Å². The van der Waals surface area contributed by atoms with E-state index in [1.54, 1.807) is 0 Å². The van der Waals surface area contributed by atoms with E-state index in [4.69, 9.17) is 9.47 Å². The highest BCUT2D eigenvalue weighted by molar-refractivity contribution is 5.93. The monoisotopic (exact) mass is 664 g/mol. The maximum absolute atomic E-state index is 6.81. The number of fused-ring (bicyclic) bond motifs is 4. The van der Waals surface area contributed by atoms with Gasteiger partial charge in [0.15, 0.2) is 0 Å². The molecule has 0 aromatic heterocycles. The van der Waals surface area contributed by atoms with Gasteiger partial charge in [-0.2, -0.15) is 0 Å². The molecule has 0 aliphatic carbocycles. The van der Waals surface area contributed by atoms with E-state index in [9.17, 15) is 0 Å². The molecule has 0 fully saturated rings. The van der Waals surface area contributed by atoms with E-state index in [1.165, 1.54) is 43.1 Å². The lowest BCUT2D eigenvalue weighted by Gasteiger charge is -2.23. The molecule has 244 valence electrons. The van der Waals surface area contributed by atoms with Crippen LogP contribution in [0.3, 0.4) is 0 Å². The van der Waals surface area contributed by atoms with E-state index in [-0.39, 0.29) is 0 Å². The van der Waals surface area contributed by atoms with Gasteiger partial charge in [0.25, 0.3) is 0 Å². The Bertz CT molecular complexity index is 2500. The van der Waals surface area contributed by atoms with Gasteiger partial charge < -0.3 is 9.47 Å². The summed E-state index contributed by atoms with van der Waals surface area (Å²) in [5.41, 5.74) is 6.16. The predicted molar refractivity (Wildman–Crippen MR) is 217 cm³/mol. The third-order valence-corrected chi connectivity index (χ3v) is 10.1. The lowest BCUT2D eigenvalue weighted by Crippen LogP contribution is -2.04. The van der Waals surface area contributed by atoms with Crippen LogP contribution >= 0.6 is 0 Å². The van der Waals surface area contributed by atoms with Gasteiger partial charge in [0.05, 0.1) is 0 Å². The number of ether oxygens (including phenoxy) is 2. The van der Waals surface area contributed by atoms with Crippen LogP contribution in [0, 0.1) is 0 Å². The molecular weight excluding hydrogens is 633 g/mol. The van der Waals surface area contributed by atoms with Gasteiger partial charge in [0.2, 0.25) is 0 Å². The van der Waals surface area contributed by atoms with Crippen molar-refractivity contribution in [2.45, 2.75) is 0 Å². The van der Waals surface area contributed by atoms with Crippen LogP contribution in [-0.2, 0) is 9.47 Å². The van der Waals surface area contributed by atoms with E-state index in [1.807, 2.05) is 0 Å². The Hall–Kier alpha value is -6.90. The maximum atomic E-state index is 6.81. The molecule has 0 atom stereocenters. The quantitative estimate of drug-likeness (QED) is 0.186. The molecule has 52 heavy (non-hydrogen) atoms. The summed E-state index contributed by atoms with van der Waals surface area (Å²) >= 11 is 0. The summed E-state index contributed by atoms with van der Waals surface area (Å²) < 4.78 is 13.6. The van der Waals surface area contributed by atoms with Crippen LogP contribution in [0.15, 0.2) is 205 Å². The average molecular weight is 665 g/mol. The summed E-state index contributed by atoms with van der Waals surface area (Å²) in [5.74, 6) is 3.19. The topological polar surface area (TPSA) is 18.5 Å². The summed E-state index contributed by atoms with van der Waals surface area (Å²) in [4.78, 5) is 0. The summed E-state index contributed by atoms with van der Waals surface area (Å²) in [6.07, 6.45) is 8.66. The molecule has 0 amide bonds. The van der Waals surface area contributed by atoms with Gasteiger partial charge in [-0.05, 0) is 103 Å². The fourth-order valence-electron chi connectivity index (χ4n) is 7.28. The van der Waals surface area contributed by atoms with Crippen LogP contribution in [0.1, 0.15) is 22.3 Å². The molecule has 0 saturated heterocycles. The highest BCUT2D eigenvalue weighted by Crippen LogP contribution is 2.40. The highest BCUT2D eigenvalue weighted by atomic mass is 16.5. The second-order valence-electron chi connectivity index (χ2n) is 13.4. The molecular formula is C50H32O2. The minimum atomic E-state index is 0.798. The molecule has 2 aliphatic rings. The largest absolute Gasteiger partial charge is 0.456 e. The molecule has 0 spiro atoms. The molecule has 2 nitrogen and oxygen atoms in total. The molecule has 10 rings (SSSR count). The van der Waals surface area contributed by atoms with Crippen LogP contribution in [0.25, 0.3) is 66.1 Å². The van der Waals surface area contributed by atoms with Crippen LogP contribution < -0.4 is 0 Å². The Balaban J connectivity index is 1.19. The van der Waals surface area contributed by atoms with E-state index in [0.717, 1.165) is 56.4 Å². The third kappa shape index (κ3) is 5.57. The normalized spacial score (nSPS) is 14.5. The van der Waals surface area contributed by atoms with E-state index >= 15 is 0 Å². The first-order chi connectivity index (χ1) is 25.7. The molecule has 0 N–H and O–H groups in total. The van der Waals surface area contributed by atoms with Crippen LogP contribution in [0.5, 0.6) is 0 Å². The molecule has 0 radical (unpaired) electrons. The Labute approximate surface area is 302 Å². The van der Waals surface area contributed by atoms with Gasteiger partial charge in [0, 0.05) is 22.3 Å². The van der Waals surface area contributed by atoms with Crippen LogP contribution in [0.4, 0.5) is 0 Å². The highest BCUT2D eigenvalue weighted by Gasteiger charge is 2.22. The van der Waals surface area contributed by atoms with Crippen molar-refractivity contribution in [1.29, 1.82) is 0 Å². The first kappa shape index (κ1) is 30.0. The average Bonchev–Trinajstić information content (AvgIpc) is 3.22. The fraction of sp³-hybridized carbons (Fsp3) is 0. The summed E-state index contributed by atoms with van der Waals surface area (Å²) in [6.45, 7) is 0. The number of hydrogen-bond acceptors (Lipinski definition) is 2. The SMILES string of the molecule is C1=C(c2ccc3ccccc3c2)OC(c2ccc3ccccc3c2)=CC1=C1C=C(c2ccc3ccccc3c2)OC(c2ccc3ccccc3c2)=C1. The van der Waals surface area contributed by atoms with Gasteiger partial charge in [-0.3, -0.25) is 0 Å². The van der Waals surface area contributed by atoms with Crippen molar-refractivity contribution in [2.24, 2.45) is 0 Å². The fourth-order valence-corrected chi connectivity index (χ4v) is 7.28. The molecule has 8 aromatic carbocycles. The first-order valence-corrected chi connectivity index (χ1v) is 17.6. The standard InChI is InChI=1S/C50H32O2/c1-5-13-37-25-41(21-17-33(37)9-1)47-29-45(30-48(51-47)42-22-18-34-10-2-6-14-38(34)26-42)46-31-49(43-23-19-35-11-3-7-15-39(35)27-43)52-50(32-46)44-24-20-36-12-4-8-16-40(36)28-44/h1-32H. The van der Waals surface area contributed by atoms with E-state index in [0.29, 0.717) is 0 Å². The van der Waals surface area contributed by atoms with E-state index in [2.05, 4.69) is 194 Å². The van der Waals surface area contributed by atoms with Gasteiger partial charge in [-0.15, -0.1) is 0 Å². The molecule has 8 aromatic rings. The Kier molecular flexibility index (Phi) is 7.18. The third-order valence-electron chi connectivity index (χ3n) is 10.1. The minimum Gasteiger partial charge on any atom is -0.456 e. The molecule has 2 heterocycles. The smallest absolute Gasteiger partial charge is 0.135 e. The maximum Gasteiger partial charge on any atom is 0.135 e. The molecule has 0 saturated carbocycles. The number of rotatable bonds is 4. The lowest BCUT2D eigenvalue weighted by atomic mass is 9.95. The van der Waals surface area contributed by atoms with Crippen molar-refractivity contribution in [3.63, 3.8) is 0 Å². The number of allylic oxidation sites excluding steroid dienone is 6. The van der Waals surface area contributed by atoms with E-state index < -0.39 is 0 Å². The number of benzene rings is 8. The zero-order valence-corrected chi connectivity index (χ0v) is 28.3. The Morgan fingerprint density at radius 1 is 0.231 bits per heavy atom. The zero-order chi connectivity index (χ0) is 34.4. The number of hydrogen-bond donors (Lipinski definition) is 0. The Morgan fingerprint density at radius 2 is 0.462 bits per heavy atom. The predicted octanol–water partition coefficient (Wildman–Crippen LogP) is 13.1. The van der Waals surface area contributed by atoms with Crippen molar-refractivity contribution in [3.05, 3.63) is 228 Å². The molecule has 0 unspecified atom stereocenters. The summed E-state index contributed by atoms with van der Waals surface area (Å²) in [5, 5.41) is 9.46. The second kappa shape index (κ2) is 12.5. The van der Waals surface area contributed by atoms with Gasteiger partial charge >= 0.3 is 0 Å². The van der Waals surface area contributed by atoms with Crippen molar-refractivity contribution in [1.82, 2.24) is 0 Å². The van der Waals surface area contributed by atoms with Gasteiger partial charge in [-0.1, -0.05) is 146 Å². The van der Waals surface area contributed by atoms with Crippen molar-refractivity contribution < 1.29 is 9.47 Å². The van der Waals surface area contributed by atoms with Crippen LogP contribution in [-0.4, -0.2) is 0 Å². The lowest BCUT2D eigenvalue weighted by molar-refractivity contribution is 0.464. The molecule has 2 aliphatic heterocycles. The van der Waals surface area contributed by atoms with Crippen molar-refractivity contribution in [3.8, 4) is 0 Å². The van der Waals surface area contributed by atoms with Crippen LogP contribution in [0.2, 0.25) is 0 Å². The second-order valence-corrected chi connectivity index (χ2v) is 13.4.